The Balaban J connectivity index is 2.35. The molecule has 0 aromatic carbocycles. The van der Waals surface area contributed by atoms with Gasteiger partial charge in [-0.3, -0.25) is 0 Å². The topological polar surface area (TPSA) is 0 Å². The second-order valence-corrected chi connectivity index (χ2v) is 3.03. The molecule has 1 atom stereocenters. The average molecular weight is 120 g/mol. The lowest BCUT2D eigenvalue weighted by molar-refractivity contribution is 0.671. The first-order valence-electron chi connectivity index (χ1n) is 3.76. The fourth-order valence-corrected chi connectivity index (χ4v) is 1.97. The summed E-state index contributed by atoms with van der Waals surface area (Å²) in [5.74, 6) is 0.921. The molecular weight excluding hydrogens is 108 g/mol. The molecule has 0 aromatic rings. The summed E-state index contributed by atoms with van der Waals surface area (Å²) in [6, 6.07) is 0. The SMILES string of the molecule is C/C=C1/C=C2CCC1C2. The zero-order valence-electron chi connectivity index (χ0n) is 5.85. The Morgan fingerprint density at radius 1 is 1.67 bits per heavy atom. The van der Waals surface area contributed by atoms with Gasteiger partial charge in [-0.2, -0.15) is 0 Å². The van der Waals surface area contributed by atoms with Gasteiger partial charge < -0.3 is 0 Å². The van der Waals surface area contributed by atoms with E-state index < -0.39 is 0 Å². The molecule has 0 heteroatoms. The normalized spacial score (nSPS) is 35.9. The molecule has 48 valence electrons. The van der Waals surface area contributed by atoms with Gasteiger partial charge in [0.05, 0.1) is 0 Å². The van der Waals surface area contributed by atoms with Gasteiger partial charge in [-0.25, -0.2) is 0 Å². The Hall–Kier alpha value is -0.520. The summed E-state index contributed by atoms with van der Waals surface area (Å²) >= 11 is 0. The highest BCUT2D eigenvalue weighted by atomic mass is 14.3. The molecule has 0 aliphatic heterocycles. The van der Waals surface area contributed by atoms with Crippen molar-refractivity contribution in [3.05, 3.63) is 23.3 Å². The van der Waals surface area contributed by atoms with E-state index in [1.807, 2.05) is 0 Å². The minimum absolute atomic E-state index is 0.921. The fraction of sp³-hybridized carbons (Fsp3) is 0.556. The largest absolute Gasteiger partial charge is 0.0841 e. The Kier molecular flexibility index (Phi) is 1.01. The molecule has 2 bridgehead atoms. The van der Waals surface area contributed by atoms with Crippen LogP contribution in [0.2, 0.25) is 0 Å². The summed E-state index contributed by atoms with van der Waals surface area (Å²) in [4.78, 5) is 0. The van der Waals surface area contributed by atoms with E-state index in [-0.39, 0.29) is 0 Å². The van der Waals surface area contributed by atoms with Gasteiger partial charge in [0, 0.05) is 0 Å². The predicted molar refractivity (Wildman–Crippen MR) is 39.2 cm³/mol. The minimum atomic E-state index is 0.921. The number of hydrogen-bond donors (Lipinski definition) is 0. The van der Waals surface area contributed by atoms with Gasteiger partial charge in [0.15, 0.2) is 0 Å². The third-order valence-corrected chi connectivity index (χ3v) is 2.50. The van der Waals surface area contributed by atoms with E-state index in [9.17, 15) is 0 Å². The van der Waals surface area contributed by atoms with Crippen molar-refractivity contribution in [1.29, 1.82) is 0 Å². The van der Waals surface area contributed by atoms with Crippen molar-refractivity contribution in [1.82, 2.24) is 0 Å². The van der Waals surface area contributed by atoms with Crippen LogP contribution in [0.1, 0.15) is 26.2 Å². The number of fused-ring (bicyclic) bond motifs is 2. The van der Waals surface area contributed by atoms with Crippen LogP contribution >= 0.6 is 0 Å². The van der Waals surface area contributed by atoms with Gasteiger partial charge in [0.25, 0.3) is 0 Å². The molecule has 0 aromatic heterocycles. The van der Waals surface area contributed by atoms with E-state index in [4.69, 9.17) is 0 Å². The Morgan fingerprint density at radius 2 is 2.56 bits per heavy atom. The molecule has 1 saturated carbocycles. The van der Waals surface area contributed by atoms with Crippen LogP contribution in [0.25, 0.3) is 0 Å². The first kappa shape index (κ1) is 5.28. The van der Waals surface area contributed by atoms with Crippen LogP contribution < -0.4 is 0 Å². The highest BCUT2D eigenvalue weighted by Crippen LogP contribution is 2.42. The van der Waals surface area contributed by atoms with Crippen LogP contribution in [0.4, 0.5) is 0 Å². The zero-order chi connectivity index (χ0) is 6.27. The molecule has 0 radical (unpaired) electrons. The monoisotopic (exact) mass is 120 g/mol. The smallest absolute Gasteiger partial charge is 0.0125 e. The molecular formula is C9H12. The lowest BCUT2D eigenvalue weighted by Crippen LogP contribution is -1.92. The summed E-state index contributed by atoms with van der Waals surface area (Å²) in [5, 5.41) is 0. The molecule has 9 heavy (non-hydrogen) atoms. The van der Waals surface area contributed by atoms with Gasteiger partial charge in [-0.15, -0.1) is 0 Å². The maximum absolute atomic E-state index is 2.38. The molecule has 1 unspecified atom stereocenters. The lowest BCUT2D eigenvalue weighted by atomic mass is 9.99. The van der Waals surface area contributed by atoms with E-state index in [2.05, 4.69) is 19.1 Å². The van der Waals surface area contributed by atoms with E-state index in [0.717, 1.165) is 5.92 Å². The molecule has 0 spiro atoms. The molecule has 2 rings (SSSR count). The van der Waals surface area contributed by atoms with E-state index in [1.54, 1.807) is 11.1 Å². The van der Waals surface area contributed by atoms with Gasteiger partial charge in [-0.05, 0) is 37.7 Å². The van der Waals surface area contributed by atoms with Gasteiger partial charge in [0.1, 0.15) is 0 Å². The van der Waals surface area contributed by atoms with Crippen molar-refractivity contribution < 1.29 is 0 Å². The summed E-state index contributed by atoms with van der Waals surface area (Å²) in [7, 11) is 0. The Morgan fingerprint density at radius 3 is 2.89 bits per heavy atom. The summed E-state index contributed by atoms with van der Waals surface area (Å²) in [5.41, 5.74) is 3.28. The van der Waals surface area contributed by atoms with Crippen molar-refractivity contribution >= 4 is 0 Å². The van der Waals surface area contributed by atoms with E-state index >= 15 is 0 Å². The lowest BCUT2D eigenvalue weighted by Gasteiger charge is -2.06. The van der Waals surface area contributed by atoms with Crippen molar-refractivity contribution in [3.8, 4) is 0 Å². The van der Waals surface area contributed by atoms with Crippen LogP contribution in [0.3, 0.4) is 0 Å². The zero-order valence-corrected chi connectivity index (χ0v) is 5.85. The van der Waals surface area contributed by atoms with Crippen LogP contribution in [-0.2, 0) is 0 Å². The second kappa shape index (κ2) is 1.73. The minimum Gasteiger partial charge on any atom is -0.0841 e. The highest BCUT2D eigenvalue weighted by Gasteiger charge is 2.27. The van der Waals surface area contributed by atoms with Gasteiger partial charge in [-0.1, -0.05) is 17.7 Å². The molecule has 0 heterocycles. The summed E-state index contributed by atoms with van der Waals surface area (Å²) in [6.45, 7) is 2.15. The highest BCUT2D eigenvalue weighted by molar-refractivity contribution is 5.36. The van der Waals surface area contributed by atoms with Gasteiger partial charge >= 0.3 is 0 Å². The molecule has 1 fully saturated rings. The quantitative estimate of drug-likeness (QED) is 0.461. The van der Waals surface area contributed by atoms with Crippen LogP contribution in [0.5, 0.6) is 0 Å². The maximum atomic E-state index is 2.38. The van der Waals surface area contributed by atoms with Crippen molar-refractivity contribution in [3.63, 3.8) is 0 Å². The molecule has 2 aliphatic carbocycles. The molecule has 0 nitrogen and oxygen atoms in total. The van der Waals surface area contributed by atoms with Crippen LogP contribution in [0.15, 0.2) is 23.3 Å². The van der Waals surface area contributed by atoms with Crippen molar-refractivity contribution in [2.75, 3.05) is 0 Å². The number of hydrogen-bond acceptors (Lipinski definition) is 0. The fourth-order valence-electron chi connectivity index (χ4n) is 1.97. The first-order chi connectivity index (χ1) is 4.40. The summed E-state index contributed by atoms with van der Waals surface area (Å²) < 4.78 is 0. The summed E-state index contributed by atoms with van der Waals surface area (Å²) in [6.07, 6.45) is 8.82. The molecule has 2 aliphatic rings. The van der Waals surface area contributed by atoms with E-state index in [1.165, 1.54) is 19.3 Å². The second-order valence-electron chi connectivity index (χ2n) is 3.03. The van der Waals surface area contributed by atoms with Crippen LogP contribution in [0, 0.1) is 5.92 Å². The van der Waals surface area contributed by atoms with Crippen LogP contribution in [-0.4, -0.2) is 0 Å². The average Bonchev–Trinajstić information content (AvgIpc) is 2.45. The first-order valence-corrected chi connectivity index (χ1v) is 3.76. The maximum Gasteiger partial charge on any atom is -0.0125 e. The van der Waals surface area contributed by atoms with Gasteiger partial charge in [0.2, 0.25) is 0 Å². The standard InChI is InChI=1S/C9H12/c1-2-8-5-7-3-4-9(8)6-7/h2,5,9H,3-4,6H2,1H3/b8-2-. The number of rotatable bonds is 0. The molecule has 0 saturated heterocycles. The Labute approximate surface area is 56.3 Å². The third kappa shape index (κ3) is 0.658. The third-order valence-electron chi connectivity index (χ3n) is 2.50. The predicted octanol–water partition coefficient (Wildman–Crippen LogP) is 2.67. The van der Waals surface area contributed by atoms with Crippen molar-refractivity contribution in [2.45, 2.75) is 26.2 Å². The molecule has 0 amide bonds. The van der Waals surface area contributed by atoms with Crippen molar-refractivity contribution in [2.24, 2.45) is 5.92 Å². The number of allylic oxidation sites excluding steroid dienone is 4. The molecule has 0 N–H and O–H groups in total. The van der Waals surface area contributed by atoms with E-state index in [0.29, 0.717) is 0 Å². The Bertz CT molecular complexity index is 184.